The number of thiazole rings is 1. The molecule has 1 amide bonds. The predicted molar refractivity (Wildman–Crippen MR) is 118 cm³/mol. The summed E-state index contributed by atoms with van der Waals surface area (Å²) in [7, 11) is 0. The maximum absolute atomic E-state index is 11.4. The Morgan fingerprint density at radius 3 is 3.06 bits per heavy atom. The first-order valence-electron chi connectivity index (χ1n) is 10.5. The van der Waals surface area contributed by atoms with E-state index in [0.717, 1.165) is 47.4 Å². The molecule has 3 aromatic heterocycles. The molecule has 1 saturated carbocycles. The van der Waals surface area contributed by atoms with Gasteiger partial charge >= 0.3 is 0 Å². The lowest BCUT2D eigenvalue weighted by Crippen LogP contribution is -2.44. The second-order valence-corrected chi connectivity index (χ2v) is 9.43. The molecule has 1 aromatic carbocycles. The first-order valence-corrected chi connectivity index (χ1v) is 11.4. The van der Waals surface area contributed by atoms with Crippen LogP contribution < -0.4 is 10.1 Å². The van der Waals surface area contributed by atoms with Crippen molar-refractivity contribution in [2.45, 2.75) is 38.4 Å². The summed E-state index contributed by atoms with van der Waals surface area (Å²) < 4.78 is 13.1. The van der Waals surface area contributed by atoms with Crippen LogP contribution in [0.4, 0.5) is 0 Å². The number of hydrogen-bond acceptors (Lipinski definition) is 7. The molecule has 3 atom stereocenters. The number of likely N-dealkylation sites (tertiary alicyclic amines) is 1. The number of nitrogens with one attached hydrogen (secondary N) is 1. The SMILES string of the molecule is CC(=O)N[C@H]1CC2CC1CN2Cc1cc2ccc(Oc3nc4ncccc4s3)cc2o1. The van der Waals surface area contributed by atoms with Gasteiger partial charge in [0.05, 0.1) is 11.2 Å². The highest BCUT2D eigenvalue weighted by molar-refractivity contribution is 7.20. The number of fused-ring (bicyclic) bond motifs is 4. The second kappa shape index (κ2) is 7.32. The van der Waals surface area contributed by atoms with Crippen LogP contribution in [0.5, 0.6) is 10.9 Å². The number of amides is 1. The number of nitrogens with zero attached hydrogens (tertiary/aromatic N) is 3. The van der Waals surface area contributed by atoms with Crippen molar-refractivity contribution < 1.29 is 13.9 Å². The molecule has 0 spiro atoms. The van der Waals surface area contributed by atoms with Gasteiger partial charge in [-0.05, 0) is 49.1 Å². The van der Waals surface area contributed by atoms with Gasteiger partial charge in [-0.15, -0.1) is 0 Å². The average Bonchev–Trinajstić information content (AvgIpc) is 3.49. The van der Waals surface area contributed by atoms with Gasteiger partial charge in [0.2, 0.25) is 5.91 Å². The molecule has 2 fully saturated rings. The van der Waals surface area contributed by atoms with E-state index in [0.29, 0.717) is 34.6 Å². The molecule has 1 saturated heterocycles. The number of carbonyl (C=O) groups is 1. The quantitative estimate of drug-likeness (QED) is 0.504. The van der Waals surface area contributed by atoms with Crippen molar-refractivity contribution in [3.05, 3.63) is 48.4 Å². The van der Waals surface area contributed by atoms with Crippen LogP contribution in [-0.2, 0) is 11.3 Å². The van der Waals surface area contributed by atoms with Crippen LogP contribution in [-0.4, -0.2) is 39.4 Å². The summed E-state index contributed by atoms with van der Waals surface area (Å²) in [5.74, 6) is 2.27. The second-order valence-electron chi connectivity index (χ2n) is 8.44. The number of carbonyl (C=O) groups excluding carboxylic acids is 1. The van der Waals surface area contributed by atoms with Gasteiger partial charge in [0.25, 0.3) is 5.19 Å². The normalized spacial score (nSPS) is 23.1. The molecule has 158 valence electrons. The van der Waals surface area contributed by atoms with Gasteiger partial charge in [0, 0.05) is 43.2 Å². The van der Waals surface area contributed by atoms with E-state index in [-0.39, 0.29) is 5.91 Å². The van der Waals surface area contributed by atoms with Crippen LogP contribution in [0.25, 0.3) is 21.3 Å². The highest BCUT2D eigenvalue weighted by atomic mass is 32.1. The molecule has 4 aromatic rings. The highest BCUT2D eigenvalue weighted by Crippen LogP contribution is 2.39. The van der Waals surface area contributed by atoms with Gasteiger partial charge in [-0.25, -0.2) is 4.98 Å². The Morgan fingerprint density at radius 1 is 1.32 bits per heavy atom. The summed E-state index contributed by atoms with van der Waals surface area (Å²) in [4.78, 5) is 22.5. The first kappa shape index (κ1) is 18.8. The minimum absolute atomic E-state index is 0.0708. The van der Waals surface area contributed by atoms with Gasteiger partial charge in [-0.3, -0.25) is 9.69 Å². The standard InChI is InChI=1S/C23H22N4O3S/c1-13(28)25-19-9-16-7-15(19)11-27(16)12-18-8-14-4-5-17(10-20(14)29-18)30-23-26-22-21(31-23)3-2-6-24-22/h2-6,8,10,15-16,19H,7,9,11-12H2,1H3,(H,25,28)/t15?,16?,19-/m0/s1. The zero-order valence-corrected chi connectivity index (χ0v) is 17.9. The fourth-order valence-electron chi connectivity index (χ4n) is 4.98. The molecule has 2 bridgehead atoms. The zero-order valence-electron chi connectivity index (χ0n) is 17.1. The van der Waals surface area contributed by atoms with Gasteiger partial charge in [-0.2, -0.15) is 4.98 Å². The van der Waals surface area contributed by atoms with Crippen LogP contribution in [0, 0.1) is 5.92 Å². The largest absolute Gasteiger partial charge is 0.460 e. The fourth-order valence-corrected chi connectivity index (χ4v) is 5.77. The molecule has 8 heteroatoms. The monoisotopic (exact) mass is 434 g/mol. The molecule has 6 rings (SSSR count). The van der Waals surface area contributed by atoms with E-state index in [9.17, 15) is 4.79 Å². The third kappa shape index (κ3) is 3.55. The first-order chi connectivity index (χ1) is 15.1. The lowest BCUT2D eigenvalue weighted by Gasteiger charge is -2.31. The highest BCUT2D eigenvalue weighted by Gasteiger charge is 2.44. The van der Waals surface area contributed by atoms with E-state index < -0.39 is 0 Å². The van der Waals surface area contributed by atoms with Crippen LogP contribution in [0.1, 0.15) is 25.5 Å². The van der Waals surface area contributed by atoms with Crippen molar-refractivity contribution in [3.63, 3.8) is 0 Å². The minimum Gasteiger partial charge on any atom is -0.460 e. The molecule has 2 unspecified atom stereocenters. The molecule has 7 nitrogen and oxygen atoms in total. The van der Waals surface area contributed by atoms with Crippen molar-refractivity contribution in [3.8, 4) is 10.9 Å². The number of hydrogen-bond donors (Lipinski definition) is 1. The van der Waals surface area contributed by atoms with Crippen molar-refractivity contribution in [2.24, 2.45) is 5.92 Å². The Hall–Kier alpha value is -2.97. The molecule has 4 heterocycles. The fraction of sp³-hybridized carbons (Fsp3) is 0.348. The number of benzene rings is 1. The van der Waals surface area contributed by atoms with Crippen LogP contribution in [0.3, 0.4) is 0 Å². The molecule has 1 aliphatic carbocycles. The van der Waals surface area contributed by atoms with E-state index in [4.69, 9.17) is 9.15 Å². The summed E-state index contributed by atoms with van der Waals surface area (Å²) >= 11 is 1.48. The molecule has 1 N–H and O–H groups in total. The van der Waals surface area contributed by atoms with Crippen LogP contribution in [0.15, 0.2) is 47.0 Å². The third-order valence-corrected chi connectivity index (χ3v) is 7.18. The van der Waals surface area contributed by atoms with Crippen molar-refractivity contribution in [1.82, 2.24) is 20.2 Å². The van der Waals surface area contributed by atoms with Gasteiger partial charge in [-0.1, -0.05) is 11.3 Å². The molecule has 1 aliphatic heterocycles. The van der Waals surface area contributed by atoms with Crippen LogP contribution in [0.2, 0.25) is 0 Å². The van der Waals surface area contributed by atoms with E-state index in [1.54, 1.807) is 13.1 Å². The van der Waals surface area contributed by atoms with Crippen molar-refractivity contribution in [1.29, 1.82) is 0 Å². The Bertz CT molecular complexity index is 1250. The summed E-state index contributed by atoms with van der Waals surface area (Å²) in [5, 5.41) is 4.74. The van der Waals surface area contributed by atoms with E-state index in [2.05, 4.69) is 26.3 Å². The topological polar surface area (TPSA) is 80.5 Å². The lowest BCUT2D eigenvalue weighted by atomic mass is 10.0. The van der Waals surface area contributed by atoms with Crippen LogP contribution >= 0.6 is 11.3 Å². The number of pyridine rings is 1. The molecular formula is C23H22N4O3S. The van der Waals surface area contributed by atoms with Gasteiger partial charge < -0.3 is 14.5 Å². The van der Waals surface area contributed by atoms with Crippen molar-refractivity contribution >= 4 is 38.6 Å². The Morgan fingerprint density at radius 2 is 2.26 bits per heavy atom. The predicted octanol–water partition coefficient (Wildman–Crippen LogP) is 4.33. The van der Waals surface area contributed by atoms with Gasteiger partial charge in [0.1, 0.15) is 17.1 Å². The summed E-state index contributed by atoms with van der Waals surface area (Å²) in [5.41, 5.74) is 1.51. The Labute approximate surface area is 183 Å². The molecular weight excluding hydrogens is 412 g/mol. The van der Waals surface area contributed by atoms with Crippen molar-refractivity contribution in [2.75, 3.05) is 6.54 Å². The number of ether oxygens (including phenoxy) is 1. The number of furan rings is 1. The molecule has 2 aliphatic rings. The summed E-state index contributed by atoms with van der Waals surface area (Å²) in [6, 6.07) is 12.7. The smallest absolute Gasteiger partial charge is 0.281 e. The number of aromatic nitrogens is 2. The summed E-state index contributed by atoms with van der Waals surface area (Å²) in [6.45, 7) is 3.40. The molecule has 0 radical (unpaired) electrons. The minimum atomic E-state index is 0.0708. The average molecular weight is 435 g/mol. The lowest BCUT2D eigenvalue weighted by molar-refractivity contribution is -0.120. The zero-order chi connectivity index (χ0) is 20.9. The van der Waals surface area contributed by atoms with E-state index >= 15 is 0 Å². The third-order valence-electron chi connectivity index (χ3n) is 6.30. The van der Waals surface area contributed by atoms with Gasteiger partial charge in [0.15, 0.2) is 5.65 Å². The molecule has 31 heavy (non-hydrogen) atoms. The number of piperidine rings is 1. The maximum atomic E-state index is 11.4. The van der Waals surface area contributed by atoms with E-state index in [1.165, 1.54) is 11.3 Å². The number of rotatable bonds is 5. The summed E-state index contributed by atoms with van der Waals surface area (Å²) in [6.07, 6.45) is 3.91. The maximum Gasteiger partial charge on any atom is 0.281 e. The van der Waals surface area contributed by atoms with E-state index in [1.807, 2.05) is 30.3 Å². The Balaban J connectivity index is 1.16. The Kier molecular flexibility index (Phi) is 4.43.